The van der Waals surface area contributed by atoms with Crippen molar-refractivity contribution in [3.63, 3.8) is 0 Å². The standard InChI is InChI=1S/C6H12O3S/c1-4-10(7,8)5-6(2,3)9-5/h5H,4H2,1-3H3/t5-/m0/s1. The van der Waals surface area contributed by atoms with Gasteiger partial charge < -0.3 is 4.74 Å². The quantitative estimate of drug-likeness (QED) is 0.560. The largest absolute Gasteiger partial charge is 0.350 e. The fourth-order valence-corrected chi connectivity index (χ4v) is 2.46. The van der Waals surface area contributed by atoms with Gasteiger partial charge in [0, 0.05) is 0 Å². The Morgan fingerprint density at radius 2 is 1.90 bits per heavy atom. The molecule has 0 bridgehead atoms. The van der Waals surface area contributed by atoms with E-state index in [4.69, 9.17) is 4.74 Å². The lowest BCUT2D eigenvalue weighted by Gasteiger charge is -1.95. The summed E-state index contributed by atoms with van der Waals surface area (Å²) in [5.41, 5.74) is -0.987. The van der Waals surface area contributed by atoms with E-state index in [1.165, 1.54) is 0 Å². The second kappa shape index (κ2) is 1.95. The number of hydrogen-bond donors (Lipinski definition) is 0. The van der Waals surface area contributed by atoms with Crippen LogP contribution >= 0.6 is 0 Å². The second-order valence-corrected chi connectivity index (χ2v) is 5.34. The van der Waals surface area contributed by atoms with Crippen LogP contribution in [0.4, 0.5) is 0 Å². The van der Waals surface area contributed by atoms with E-state index in [1.54, 1.807) is 20.8 Å². The van der Waals surface area contributed by atoms with Crippen LogP contribution in [0.15, 0.2) is 0 Å². The van der Waals surface area contributed by atoms with Crippen molar-refractivity contribution in [2.24, 2.45) is 0 Å². The summed E-state index contributed by atoms with van der Waals surface area (Å²) in [6, 6.07) is 0. The first kappa shape index (κ1) is 8.01. The highest BCUT2D eigenvalue weighted by molar-refractivity contribution is 7.92. The minimum atomic E-state index is -2.95. The van der Waals surface area contributed by atoms with Gasteiger partial charge in [-0.25, -0.2) is 8.42 Å². The molecule has 10 heavy (non-hydrogen) atoms. The van der Waals surface area contributed by atoms with Crippen LogP contribution in [-0.4, -0.2) is 25.2 Å². The Morgan fingerprint density at radius 3 is 2.00 bits per heavy atom. The van der Waals surface area contributed by atoms with E-state index in [-0.39, 0.29) is 5.75 Å². The first-order chi connectivity index (χ1) is 4.40. The van der Waals surface area contributed by atoms with Gasteiger partial charge in [-0.05, 0) is 13.8 Å². The molecule has 0 radical (unpaired) electrons. The Labute approximate surface area is 61.3 Å². The zero-order chi connectivity index (χ0) is 7.99. The summed E-state index contributed by atoms with van der Waals surface area (Å²) >= 11 is 0. The maximum atomic E-state index is 11.1. The molecule has 0 aromatic rings. The highest BCUT2D eigenvalue weighted by Crippen LogP contribution is 2.39. The van der Waals surface area contributed by atoms with Crippen molar-refractivity contribution in [2.45, 2.75) is 31.8 Å². The van der Waals surface area contributed by atoms with E-state index in [0.29, 0.717) is 0 Å². The van der Waals surface area contributed by atoms with Crippen LogP contribution in [0, 0.1) is 0 Å². The van der Waals surface area contributed by atoms with Gasteiger partial charge in [0.25, 0.3) is 0 Å². The molecule has 1 rings (SSSR count). The molecular formula is C6H12O3S. The Balaban J connectivity index is 2.73. The van der Waals surface area contributed by atoms with Gasteiger partial charge in [0.05, 0.1) is 5.75 Å². The fourth-order valence-electron chi connectivity index (χ4n) is 0.899. The van der Waals surface area contributed by atoms with Crippen LogP contribution in [0.2, 0.25) is 0 Å². The maximum Gasteiger partial charge on any atom is 0.187 e. The van der Waals surface area contributed by atoms with Crippen LogP contribution in [-0.2, 0) is 14.6 Å². The van der Waals surface area contributed by atoms with Gasteiger partial charge in [0.1, 0.15) is 5.60 Å². The summed E-state index contributed by atoms with van der Waals surface area (Å²) in [6.45, 7) is 5.20. The molecule has 60 valence electrons. The lowest BCUT2D eigenvalue weighted by Crippen LogP contribution is -2.16. The predicted molar refractivity (Wildman–Crippen MR) is 38.4 cm³/mol. The summed E-state index contributed by atoms with van der Waals surface area (Å²) in [6.07, 6.45) is 0. The molecule has 0 aromatic carbocycles. The van der Waals surface area contributed by atoms with Crippen molar-refractivity contribution in [1.82, 2.24) is 0 Å². The number of hydrogen-bond acceptors (Lipinski definition) is 3. The zero-order valence-corrected chi connectivity index (χ0v) is 7.23. The van der Waals surface area contributed by atoms with Crippen molar-refractivity contribution in [1.29, 1.82) is 0 Å². The van der Waals surface area contributed by atoms with Crippen molar-refractivity contribution in [3.05, 3.63) is 0 Å². The Bertz CT molecular complexity index is 227. The third-order valence-electron chi connectivity index (χ3n) is 1.65. The van der Waals surface area contributed by atoms with Crippen LogP contribution < -0.4 is 0 Å². The maximum absolute atomic E-state index is 11.1. The van der Waals surface area contributed by atoms with Crippen LogP contribution in [0.1, 0.15) is 20.8 Å². The Morgan fingerprint density at radius 1 is 1.50 bits per heavy atom. The van der Waals surface area contributed by atoms with Crippen molar-refractivity contribution < 1.29 is 13.2 Å². The first-order valence-corrected chi connectivity index (χ1v) is 5.01. The molecule has 1 saturated heterocycles. The monoisotopic (exact) mass is 164 g/mol. The molecule has 0 unspecified atom stereocenters. The smallest absolute Gasteiger partial charge is 0.187 e. The van der Waals surface area contributed by atoms with E-state index in [2.05, 4.69) is 0 Å². The third kappa shape index (κ3) is 1.18. The molecule has 1 fully saturated rings. The van der Waals surface area contributed by atoms with Crippen LogP contribution in [0.25, 0.3) is 0 Å². The molecule has 1 aliphatic heterocycles. The molecule has 0 saturated carbocycles. The number of ether oxygens (including phenoxy) is 1. The molecule has 1 aliphatic rings. The van der Waals surface area contributed by atoms with Crippen molar-refractivity contribution >= 4 is 9.84 Å². The number of rotatable bonds is 2. The van der Waals surface area contributed by atoms with E-state index in [1.807, 2.05) is 0 Å². The molecule has 1 atom stereocenters. The SMILES string of the molecule is CCS(=O)(=O)[C@@H]1OC1(C)C. The molecular weight excluding hydrogens is 152 g/mol. The predicted octanol–water partition coefficient (Wildman–Crippen LogP) is 0.556. The lowest BCUT2D eigenvalue weighted by atomic mass is 10.3. The minimum Gasteiger partial charge on any atom is -0.350 e. The van der Waals surface area contributed by atoms with Gasteiger partial charge in [-0.2, -0.15) is 0 Å². The number of sulfone groups is 1. The van der Waals surface area contributed by atoms with Gasteiger partial charge in [-0.3, -0.25) is 0 Å². The topological polar surface area (TPSA) is 46.7 Å². The summed E-state index contributed by atoms with van der Waals surface area (Å²) in [4.78, 5) is 0. The van der Waals surface area contributed by atoms with Crippen LogP contribution in [0.3, 0.4) is 0 Å². The van der Waals surface area contributed by atoms with Crippen molar-refractivity contribution in [3.8, 4) is 0 Å². The summed E-state index contributed by atoms with van der Waals surface area (Å²) in [5.74, 6) is 0.168. The molecule has 3 nitrogen and oxygen atoms in total. The van der Waals surface area contributed by atoms with Crippen molar-refractivity contribution in [2.75, 3.05) is 5.75 Å². The third-order valence-corrected chi connectivity index (χ3v) is 3.77. The first-order valence-electron chi connectivity index (χ1n) is 3.29. The molecule has 0 aliphatic carbocycles. The number of epoxide rings is 1. The second-order valence-electron chi connectivity index (χ2n) is 3.00. The fraction of sp³-hybridized carbons (Fsp3) is 1.00. The minimum absolute atomic E-state index is 0.168. The average Bonchev–Trinajstić information content (AvgIpc) is 2.41. The molecule has 4 heteroatoms. The van der Waals surface area contributed by atoms with E-state index in [9.17, 15) is 8.42 Å². The lowest BCUT2D eigenvalue weighted by molar-refractivity contribution is 0.337. The Kier molecular flexibility index (Phi) is 1.56. The summed E-state index contributed by atoms with van der Waals surface area (Å²) in [7, 11) is -2.95. The van der Waals surface area contributed by atoms with Gasteiger partial charge >= 0.3 is 0 Å². The Hall–Kier alpha value is -0.0900. The molecule has 1 heterocycles. The van der Waals surface area contributed by atoms with E-state index in [0.717, 1.165) is 0 Å². The normalized spacial score (nSPS) is 30.1. The molecule has 0 aromatic heterocycles. The molecule has 0 amide bonds. The highest BCUT2D eigenvalue weighted by Gasteiger charge is 2.55. The summed E-state index contributed by atoms with van der Waals surface area (Å²) in [5, 5.41) is 0. The van der Waals surface area contributed by atoms with E-state index < -0.39 is 20.9 Å². The van der Waals surface area contributed by atoms with Crippen LogP contribution in [0.5, 0.6) is 0 Å². The van der Waals surface area contributed by atoms with E-state index >= 15 is 0 Å². The van der Waals surface area contributed by atoms with Gasteiger partial charge in [0.2, 0.25) is 0 Å². The molecule has 0 spiro atoms. The van der Waals surface area contributed by atoms with Gasteiger partial charge in [-0.1, -0.05) is 6.92 Å². The summed E-state index contributed by atoms with van der Waals surface area (Å²) < 4.78 is 27.1. The zero-order valence-electron chi connectivity index (χ0n) is 6.42. The molecule has 0 N–H and O–H groups in total. The van der Waals surface area contributed by atoms with Gasteiger partial charge in [-0.15, -0.1) is 0 Å². The highest BCUT2D eigenvalue weighted by atomic mass is 32.2. The van der Waals surface area contributed by atoms with Gasteiger partial charge in [0.15, 0.2) is 15.3 Å². The average molecular weight is 164 g/mol.